The molecule has 1 aromatic heterocycles. The van der Waals surface area contributed by atoms with Gasteiger partial charge in [-0.1, -0.05) is 43.6 Å². The van der Waals surface area contributed by atoms with Crippen LogP contribution in [0.25, 0.3) is 0 Å². The van der Waals surface area contributed by atoms with Gasteiger partial charge in [0.05, 0.1) is 28.6 Å². The minimum Gasteiger partial charge on any atom is -0.489 e. The van der Waals surface area contributed by atoms with E-state index >= 15 is 0 Å². The third kappa shape index (κ3) is 6.60. The van der Waals surface area contributed by atoms with Crippen molar-refractivity contribution in [3.63, 3.8) is 0 Å². The van der Waals surface area contributed by atoms with Gasteiger partial charge in [-0.05, 0) is 88.4 Å². The number of anilines is 4. The zero-order valence-electron chi connectivity index (χ0n) is 22.8. The molecule has 4 rings (SSSR count). The number of para-hydroxylation sites is 1. The van der Waals surface area contributed by atoms with Crippen molar-refractivity contribution in [2.45, 2.75) is 62.7 Å². The summed E-state index contributed by atoms with van der Waals surface area (Å²) in [5.74, 6) is 6.07. The Kier molecular flexibility index (Phi) is 8.85. The van der Waals surface area contributed by atoms with Crippen LogP contribution in [-0.2, 0) is 9.52 Å². The standard InChI is InChI=1S/C29H38ClN5O2S/c1-19(2)37-26-17-22(21-13-15-35(5)16-14-21)11-12-24(26)33-29-31-18-23(30)28(34-29)32-25-9-7-8-10-27(25)38(6,36)20(3)4/h7-12,17-21H,6,13-16H2,1-5H3,(H2,31,32,33,34). The maximum atomic E-state index is 13.3. The third-order valence-electron chi connectivity index (χ3n) is 6.82. The molecule has 204 valence electrons. The van der Waals surface area contributed by atoms with E-state index in [1.807, 2.05) is 58.0 Å². The minimum absolute atomic E-state index is 0.0154. The average Bonchev–Trinajstić information content (AvgIpc) is 2.87. The van der Waals surface area contributed by atoms with E-state index in [0.717, 1.165) is 37.4 Å². The van der Waals surface area contributed by atoms with E-state index in [1.54, 1.807) is 6.20 Å². The lowest BCUT2D eigenvalue weighted by atomic mass is 9.89. The zero-order valence-corrected chi connectivity index (χ0v) is 24.4. The van der Waals surface area contributed by atoms with Gasteiger partial charge in [0, 0.05) is 14.8 Å². The summed E-state index contributed by atoms with van der Waals surface area (Å²) in [7, 11) is -0.344. The summed E-state index contributed by atoms with van der Waals surface area (Å²) in [6.45, 7) is 10.0. The molecule has 1 unspecified atom stereocenters. The van der Waals surface area contributed by atoms with Crippen molar-refractivity contribution in [3.05, 3.63) is 59.2 Å². The van der Waals surface area contributed by atoms with Crippen LogP contribution in [0.2, 0.25) is 5.02 Å². The predicted octanol–water partition coefficient (Wildman–Crippen LogP) is 6.70. The lowest BCUT2D eigenvalue weighted by Crippen LogP contribution is -2.29. The van der Waals surface area contributed by atoms with Gasteiger partial charge >= 0.3 is 0 Å². The zero-order chi connectivity index (χ0) is 27.4. The predicted molar refractivity (Wildman–Crippen MR) is 160 cm³/mol. The molecule has 1 saturated heterocycles. The topological polar surface area (TPSA) is 79.4 Å². The maximum absolute atomic E-state index is 13.3. The van der Waals surface area contributed by atoms with Crippen molar-refractivity contribution in [1.82, 2.24) is 14.9 Å². The van der Waals surface area contributed by atoms with Crippen LogP contribution in [0.15, 0.2) is 53.6 Å². The first-order valence-corrected chi connectivity index (χ1v) is 15.2. The fraction of sp³-hybridized carbons (Fsp3) is 0.414. The monoisotopic (exact) mass is 555 g/mol. The number of benzene rings is 2. The molecule has 1 atom stereocenters. The quantitative estimate of drug-likeness (QED) is 0.284. The molecule has 1 fully saturated rings. The Morgan fingerprint density at radius 1 is 1.08 bits per heavy atom. The summed E-state index contributed by atoms with van der Waals surface area (Å²) in [5, 5.41) is 6.79. The Labute approximate surface area is 232 Å². The molecule has 7 nitrogen and oxygen atoms in total. The van der Waals surface area contributed by atoms with Crippen LogP contribution in [0.3, 0.4) is 0 Å². The first-order chi connectivity index (χ1) is 18.0. The summed E-state index contributed by atoms with van der Waals surface area (Å²) in [5.41, 5.74) is 2.72. The van der Waals surface area contributed by atoms with Gasteiger partial charge in [-0.3, -0.25) is 4.21 Å². The van der Waals surface area contributed by atoms with Gasteiger partial charge in [0.15, 0.2) is 5.82 Å². The summed E-state index contributed by atoms with van der Waals surface area (Å²) in [6, 6.07) is 13.7. The number of hydrogen-bond acceptors (Lipinski definition) is 7. The Hall–Kier alpha value is -2.81. The van der Waals surface area contributed by atoms with E-state index in [-0.39, 0.29) is 11.4 Å². The molecule has 1 aliphatic rings. The fourth-order valence-corrected chi connectivity index (χ4v) is 5.92. The van der Waals surface area contributed by atoms with Crippen LogP contribution < -0.4 is 15.4 Å². The van der Waals surface area contributed by atoms with Crippen molar-refractivity contribution in [1.29, 1.82) is 0 Å². The van der Waals surface area contributed by atoms with Crippen LogP contribution in [0.1, 0.15) is 52.0 Å². The second kappa shape index (κ2) is 11.9. The molecular weight excluding hydrogens is 518 g/mol. The van der Waals surface area contributed by atoms with Gasteiger partial charge in [-0.15, -0.1) is 0 Å². The highest BCUT2D eigenvalue weighted by Gasteiger charge is 2.21. The fourth-order valence-electron chi connectivity index (χ4n) is 4.48. The van der Waals surface area contributed by atoms with Crippen molar-refractivity contribution >= 4 is 50.1 Å². The van der Waals surface area contributed by atoms with Crippen LogP contribution >= 0.6 is 11.6 Å². The van der Waals surface area contributed by atoms with E-state index in [0.29, 0.717) is 33.3 Å². The van der Waals surface area contributed by atoms with Crippen LogP contribution in [0.5, 0.6) is 5.75 Å². The van der Waals surface area contributed by atoms with Crippen LogP contribution in [0.4, 0.5) is 23.1 Å². The largest absolute Gasteiger partial charge is 0.489 e. The maximum Gasteiger partial charge on any atom is 0.229 e. The number of ether oxygens (including phenoxy) is 1. The molecule has 9 heteroatoms. The van der Waals surface area contributed by atoms with Gasteiger partial charge in [-0.2, -0.15) is 4.98 Å². The van der Waals surface area contributed by atoms with Gasteiger partial charge in [0.25, 0.3) is 0 Å². The number of hydrogen-bond donors (Lipinski definition) is 2. The highest BCUT2D eigenvalue weighted by Crippen LogP contribution is 2.36. The highest BCUT2D eigenvalue weighted by atomic mass is 35.5. The van der Waals surface area contributed by atoms with Crippen molar-refractivity contribution in [2.24, 2.45) is 0 Å². The summed E-state index contributed by atoms with van der Waals surface area (Å²) in [4.78, 5) is 12.0. The molecule has 0 spiro atoms. The summed E-state index contributed by atoms with van der Waals surface area (Å²) < 4.78 is 19.5. The highest BCUT2D eigenvalue weighted by molar-refractivity contribution is 8.01. The average molecular weight is 556 g/mol. The van der Waals surface area contributed by atoms with Gasteiger partial charge < -0.3 is 20.3 Å². The molecule has 38 heavy (non-hydrogen) atoms. The lowest BCUT2D eigenvalue weighted by Gasteiger charge is -2.29. The first kappa shape index (κ1) is 28.2. The number of halogens is 1. The minimum atomic E-state index is -2.52. The molecule has 2 aromatic carbocycles. The second-order valence-electron chi connectivity index (χ2n) is 10.4. The summed E-state index contributed by atoms with van der Waals surface area (Å²) >= 11 is 6.47. The van der Waals surface area contributed by atoms with E-state index in [2.05, 4.69) is 50.6 Å². The molecule has 0 aliphatic carbocycles. The molecule has 0 radical (unpaired) electrons. The summed E-state index contributed by atoms with van der Waals surface area (Å²) in [6.07, 6.45) is 3.83. The number of likely N-dealkylation sites (tertiary alicyclic amines) is 1. The molecule has 2 N–H and O–H groups in total. The van der Waals surface area contributed by atoms with E-state index in [9.17, 15) is 4.21 Å². The lowest BCUT2D eigenvalue weighted by molar-refractivity contribution is 0.241. The van der Waals surface area contributed by atoms with E-state index < -0.39 is 9.52 Å². The number of piperidine rings is 1. The molecule has 0 saturated carbocycles. The molecule has 2 heterocycles. The van der Waals surface area contributed by atoms with Crippen molar-refractivity contribution < 1.29 is 8.95 Å². The molecule has 1 aliphatic heterocycles. The Bertz CT molecular complexity index is 1370. The van der Waals surface area contributed by atoms with Crippen LogP contribution in [-0.4, -0.2) is 56.4 Å². The number of rotatable bonds is 9. The Morgan fingerprint density at radius 3 is 2.47 bits per heavy atom. The van der Waals surface area contributed by atoms with E-state index in [1.165, 1.54) is 5.56 Å². The smallest absolute Gasteiger partial charge is 0.229 e. The molecule has 3 aromatic rings. The van der Waals surface area contributed by atoms with Crippen molar-refractivity contribution in [3.8, 4) is 5.75 Å². The molecular formula is C29H38ClN5O2S. The van der Waals surface area contributed by atoms with Crippen LogP contribution in [0, 0.1) is 0 Å². The van der Waals surface area contributed by atoms with Gasteiger partial charge in [0.1, 0.15) is 10.8 Å². The van der Waals surface area contributed by atoms with Gasteiger partial charge in [0.2, 0.25) is 5.95 Å². The first-order valence-electron chi connectivity index (χ1n) is 13.1. The SMILES string of the molecule is C=S(=O)(c1ccccc1Nc1nc(Nc2ccc(C3CCN(C)CC3)cc2OC(C)C)ncc1Cl)C(C)C. The third-order valence-corrected chi connectivity index (χ3v) is 9.72. The van der Waals surface area contributed by atoms with Crippen molar-refractivity contribution in [2.75, 3.05) is 30.8 Å². The second-order valence-corrected chi connectivity index (χ2v) is 13.7. The number of nitrogens with zero attached hydrogens (tertiary/aromatic N) is 3. The molecule has 0 bridgehead atoms. The number of nitrogens with one attached hydrogen (secondary N) is 2. The van der Waals surface area contributed by atoms with Gasteiger partial charge in [-0.25, -0.2) is 4.98 Å². The number of aromatic nitrogens is 2. The van der Waals surface area contributed by atoms with E-state index in [4.69, 9.17) is 16.3 Å². The Balaban J connectivity index is 1.61. The Morgan fingerprint density at radius 2 is 1.79 bits per heavy atom. The normalized spacial score (nSPS) is 16.4. The molecule has 0 amide bonds.